The van der Waals surface area contributed by atoms with Crippen molar-refractivity contribution in [2.75, 3.05) is 0 Å². The van der Waals surface area contributed by atoms with Crippen LogP contribution in [-0.2, 0) is 19.1 Å². The number of benzene rings is 2. The number of hydrogen-bond acceptors (Lipinski definition) is 5. The first-order valence-corrected chi connectivity index (χ1v) is 12.4. The number of nitrogens with zero attached hydrogens (tertiary/aromatic N) is 4. The van der Waals surface area contributed by atoms with Gasteiger partial charge in [-0.1, -0.05) is 53.0 Å². The molecule has 0 bridgehead atoms. The Morgan fingerprint density at radius 1 is 1.17 bits per heavy atom. The van der Waals surface area contributed by atoms with Crippen molar-refractivity contribution in [1.82, 2.24) is 14.8 Å². The minimum Gasteiger partial charge on any atom is -0.386 e. The van der Waals surface area contributed by atoms with E-state index in [1.165, 1.54) is 11.0 Å². The van der Waals surface area contributed by atoms with E-state index < -0.39 is 32.8 Å². The van der Waals surface area contributed by atoms with Gasteiger partial charge < -0.3 is 5.11 Å². The number of rotatable bonds is 7. The van der Waals surface area contributed by atoms with Crippen molar-refractivity contribution in [3.63, 3.8) is 0 Å². The van der Waals surface area contributed by atoms with Crippen LogP contribution in [0, 0.1) is 11.3 Å². The number of nitriles is 1. The van der Waals surface area contributed by atoms with Crippen molar-refractivity contribution in [3.8, 4) is 6.07 Å². The molecule has 0 radical (unpaired) electrons. The summed E-state index contributed by atoms with van der Waals surface area (Å²) >= 11 is 25.8. The van der Waals surface area contributed by atoms with Crippen LogP contribution in [0.2, 0.25) is 15.1 Å². The van der Waals surface area contributed by atoms with Crippen LogP contribution >= 0.6 is 58.2 Å². The first-order chi connectivity index (χ1) is 16.4. The van der Waals surface area contributed by atoms with Crippen LogP contribution in [0.25, 0.3) is 0 Å². The van der Waals surface area contributed by atoms with Crippen LogP contribution in [0.5, 0.6) is 0 Å². The van der Waals surface area contributed by atoms with Crippen LogP contribution in [0.4, 0.5) is 13.2 Å². The average molecular weight is 582 g/mol. The summed E-state index contributed by atoms with van der Waals surface area (Å²) in [6, 6.07) is 9.43. The summed E-state index contributed by atoms with van der Waals surface area (Å²) in [6.45, 7) is -0.0854. The molecule has 3 aromatic rings. The molecule has 1 aromatic heterocycles. The van der Waals surface area contributed by atoms with E-state index in [2.05, 4.69) is 10.1 Å². The van der Waals surface area contributed by atoms with Gasteiger partial charge in [0.15, 0.2) is 5.16 Å². The van der Waals surface area contributed by atoms with Crippen LogP contribution in [0.15, 0.2) is 46.7 Å². The largest absolute Gasteiger partial charge is 0.417 e. The van der Waals surface area contributed by atoms with Gasteiger partial charge in [-0.05, 0) is 42.3 Å². The molecule has 13 heteroatoms. The fourth-order valence-electron chi connectivity index (χ4n) is 3.68. The molecule has 1 fully saturated rings. The molecule has 35 heavy (non-hydrogen) atoms. The van der Waals surface area contributed by atoms with Crippen molar-refractivity contribution >= 4 is 58.2 Å². The van der Waals surface area contributed by atoms with Gasteiger partial charge in [-0.2, -0.15) is 23.5 Å². The van der Waals surface area contributed by atoms with Crippen molar-refractivity contribution in [3.05, 3.63) is 68.4 Å². The molecular weight excluding hydrogens is 567 g/mol. The van der Waals surface area contributed by atoms with E-state index in [-0.39, 0.29) is 28.0 Å². The summed E-state index contributed by atoms with van der Waals surface area (Å²) in [4.78, 5) is 3.22. The number of alkyl halides is 4. The maximum Gasteiger partial charge on any atom is 0.417 e. The molecule has 0 aliphatic heterocycles. The third-order valence-electron chi connectivity index (χ3n) is 5.74. The Hall–Kier alpha value is -1.67. The van der Waals surface area contributed by atoms with E-state index in [9.17, 15) is 23.5 Å². The normalized spacial score (nSPS) is 16.5. The smallest absolute Gasteiger partial charge is 0.386 e. The fourth-order valence-corrected chi connectivity index (χ4v) is 5.69. The molecule has 1 heterocycles. The summed E-state index contributed by atoms with van der Waals surface area (Å²) in [6.07, 6.45) is -2.28. The Morgan fingerprint density at radius 2 is 1.86 bits per heavy atom. The highest BCUT2D eigenvalue weighted by molar-refractivity contribution is 7.99. The maximum atomic E-state index is 13.3. The van der Waals surface area contributed by atoms with E-state index in [0.29, 0.717) is 29.5 Å². The van der Waals surface area contributed by atoms with E-state index in [4.69, 9.17) is 46.4 Å². The Labute approximate surface area is 222 Å². The molecule has 0 amide bonds. The molecule has 1 aliphatic rings. The molecule has 5 nitrogen and oxygen atoms in total. The molecule has 1 aliphatic carbocycles. The topological polar surface area (TPSA) is 74.7 Å². The van der Waals surface area contributed by atoms with Gasteiger partial charge >= 0.3 is 6.18 Å². The first kappa shape index (κ1) is 26.4. The minimum absolute atomic E-state index is 0.0110. The molecule has 0 spiro atoms. The molecule has 1 unspecified atom stereocenters. The molecule has 184 valence electrons. The summed E-state index contributed by atoms with van der Waals surface area (Å²) in [7, 11) is 0. The van der Waals surface area contributed by atoms with Crippen LogP contribution < -0.4 is 0 Å². The summed E-state index contributed by atoms with van der Waals surface area (Å²) in [5.41, 5.74) is -2.42. The maximum absolute atomic E-state index is 13.3. The average Bonchev–Trinajstić information content (AvgIpc) is 3.41. The predicted octanol–water partition coefficient (Wildman–Crippen LogP) is 7.03. The van der Waals surface area contributed by atoms with Gasteiger partial charge in [-0.3, -0.25) is 0 Å². The zero-order chi connectivity index (χ0) is 25.6. The SMILES string of the molecule is N#Cc1c(Cl)c(C(F)(F)F)cc(Cl)c1Sc1ncnn1CC(O)(Cc1ccccc1Cl)C1(Cl)CC1. The lowest BCUT2D eigenvalue weighted by Crippen LogP contribution is -2.47. The fraction of sp³-hybridized carbons (Fsp3) is 0.318. The van der Waals surface area contributed by atoms with Gasteiger partial charge in [-0.15, -0.1) is 11.6 Å². The van der Waals surface area contributed by atoms with Gasteiger partial charge in [-0.25, -0.2) is 9.67 Å². The number of hydrogen-bond donors (Lipinski definition) is 1. The Balaban J connectivity index is 1.69. The number of halogens is 7. The van der Waals surface area contributed by atoms with Gasteiger partial charge in [0.25, 0.3) is 0 Å². The monoisotopic (exact) mass is 580 g/mol. The number of aliphatic hydroxyl groups is 1. The molecule has 0 saturated heterocycles. The third kappa shape index (κ3) is 5.24. The zero-order valence-electron chi connectivity index (χ0n) is 17.6. The Bertz CT molecular complexity index is 1320. The van der Waals surface area contributed by atoms with Crippen molar-refractivity contribution < 1.29 is 18.3 Å². The molecule has 1 saturated carbocycles. The summed E-state index contributed by atoms with van der Waals surface area (Å²) in [5.74, 6) is 0. The highest BCUT2D eigenvalue weighted by Gasteiger charge is 2.58. The molecular formula is C22H15Cl4F3N4OS. The minimum atomic E-state index is -4.79. The second kappa shape index (κ2) is 9.66. The van der Waals surface area contributed by atoms with Crippen LogP contribution in [0.3, 0.4) is 0 Å². The standard InChI is InChI=1S/C22H15Cl4F3N4OS/c23-15-4-2-1-3-12(15)8-21(34,20(26)5-6-20)10-33-19(31-11-32-33)35-18-13(9-30)17(25)14(7-16(18)24)22(27,28)29/h1-4,7,11,34H,5-6,8,10H2. The predicted molar refractivity (Wildman–Crippen MR) is 128 cm³/mol. The molecule has 1 N–H and O–H groups in total. The molecule has 2 aromatic carbocycles. The lowest BCUT2D eigenvalue weighted by Gasteiger charge is -2.33. The van der Waals surface area contributed by atoms with Gasteiger partial charge in [0, 0.05) is 11.4 Å². The molecule has 4 rings (SSSR count). The molecule has 1 atom stereocenters. The van der Waals surface area contributed by atoms with Gasteiger partial charge in [0.05, 0.1) is 37.5 Å². The van der Waals surface area contributed by atoms with Gasteiger partial charge in [0.2, 0.25) is 0 Å². The second-order valence-electron chi connectivity index (χ2n) is 8.10. The third-order valence-corrected chi connectivity index (χ3v) is 8.76. The first-order valence-electron chi connectivity index (χ1n) is 10.1. The van der Waals surface area contributed by atoms with Crippen LogP contribution in [-0.4, -0.2) is 30.3 Å². The zero-order valence-corrected chi connectivity index (χ0v) is 21.4. The van der Waals surface area contributed by atoms with Crippen molar-refractivity contribution in [2.24, 2.45) is 0 Å². The van der Waals surface area contributed by atoms with E-state index in [1.807, 2.05) is 0 Å². The lowest BCUT2D eigenvalue weighted by atomic mass is 9.89. The Kier molecular flexibility index (Phi) is 7.28. The Morgan fingerprint density at radius 3 is 2.46 bits per heavy atom. The quantitative estimate of drug-likeness (QED) is 0.303. The van der Waals surface area contributed by atoms with E-state index in [1.54, 1.807) is 30.3 Å². The highest BCUT2D eigenvalue weighted by atomic mass is 35.5. The van der Waals surface area contributed by atoms with Crippen LogP contribution in [0.1, 0.15) is 29.5 Å². The second-order valence-corrected chi connectivity index (χ2v) is 11.0. The summed E-state index contributed by atoms with van der Waals surface area (Å²) < 4.78 is 41.2. The highest BCUT2D eigenvalue weighted by Crippen LogP contribution is 2.53. The van der Waals surface area contributed by atoms with Crippen molar-refractivity contribution in [1.29, 1.82) is 5.26 Å². The van der Waals surface area contributed by atoms with E-state index in [0.717, 1.165) is 11.8 Å². The van der Waals surface area contributed by atoms with Gasteiger partial charge in [0.1, 0.15) is 18.0 Å². The van der Waals surface area contributed by atoms with Crippen molar-refractivity contribution in [2.45, 2.75) is 52.5 Å². The summed E-state index contributed by atoms with van der Waals surface area (Å²) in [5, 5.41) is 24.9. The number of aromatic nitrogens is 3. The van der Waals surface area contributed by atoms with E-state index >= 15 is 0 Å². The lowest BCUT2D eigenvalue weighted by molar-refractivity contribution is -0.137.